The summed E-state index contributed by atoms with van der Waals surface area (Å²) in [4.78, 5) is 19.5. The fourth-order valence-electron chi connectivity index (χ4n) is 4.56. The third kappa shape index (κ3) is 4.96. The second kappa shape index (κ2) is 10.7. The SMILES string of the molecule is COc1ccccc1NC(=O)CCN1C(=S)N[C@@H](c2ccccn2)[C@@H]1c1cccn1Cc1ccco1. The summed E-state index contributed by atoms with van der Waals surface area (Å²) >= 11 is 5.76. The van der Waals surface area contributed by atoms with Crippen LogP contribution in [0.2, 0.25) is 0 Å². The lowest BCUT2D eigenvalue weighted by Crippen LogP contribution is -2.33. The molecule has 4 aromatic rings. The molecular formula is C27H27N5O3S. The standard InChI is InChI=1S/C27H27N5O3S/c1-34-23-12-3-2-9-20(23)29-24(33)13-16-32-26(25(30-27(32)36)21-10-4-5-14-28-21)22-11-6-15-31(22)18-19-8-7-17-35-19/h2-12,14-15,17,25-26H,13,16,18H2,1H3,(H,29,33)(H,30,36)/t25-,26-/m0/s1. The van der Waals surface area contributed by atoms with Gasteiger partial charge in [-0.25, -0.2) is 0 Å². The van der Waals surface area contributed by atoms with Crippen LogP contribution in [-0.2, 0) is 11.3 Å². The summed E-state index contributed by atoms with van der Waals surface area (Å²) in [5, 5.41) is 6.98. The number of rotatable bonds is 9. The molecule has 2 atom stereocenters. The van der Waals surface area contributed by atoms with Gasteiger partial charge in [0.05, 0.1) is 43.4 Å². The number of amides is 1. The van der Waals surface area contributed by atoms with E-state index in [1.165, 1.54) is 0 Å². The number of carbonyl (C=O) groups is 1. The quantitative estimate of drug-likeness (QED) is 0.326. The molecule has 5 rings (SSSR count). The van der Waals surface area contributed by atoms with Crippen molar-refractivity contribution in [1.29, 1.82) is 0 Å². The number of nitrogens with one attached hydrogen (secondary N) is 2. The minimum atomic E-state index is -0.166. The molecular weight excluding hydrogens is 474 g/mol. The Morgan fingerprint density at radius 1 is 1.14 bits per heavy atom. The summed E-state index contributed by atoms with van der Waals surface area (Å²) in [5.74, 6) is 1.36. The maximum atomic E-state index is 12.9. The van der Waals surface area contributed by atoms with E-state index >= 15 is 0 Å². The topological polar surface area (TPSA) is 84.6 Å². The van der Waals surface area contributed by atoms with Crippen molar-refractivity contribution in [3.8, 4) is 5.75 Å². The molecule has 0 saturated carbocycles. The fourth-order valence-corrected chi connectivity index (χ4v) is 4.89. The average Bonchev–Trinajstić information content (AvgIpc) is 3.65. The molecule has 1 saturated heterocycles. The van der Waals surface area contributed by atoms with E-state index in [1.807, 2.05) is 66.9 Å². The zero-order valence-corrected chi connectivity index (χ0v) is 20.7. The number of aromatic nitrogens is 2. The molecule has 1 aliphatic heterocycles. The number of carbonyl (C=O) groups excluding carboxylic acids is 1. The van der Waals surface area contributed by atoms with Crippen LogP contribution in [0.3, 0.4) is 0 Å². The molecule has 0 bridgehead atoms. The highest BCUT2D eigenvalue weighted by Crippen LogP contribution is 2.39. The predicted molar refractivity (Wildman–Crippen MR) is 141 cm³/mol. The first-order valence-corrected chi connectivity index (χ1v) is 12.1. The Morgan fingerprint density at radius 3 is 2.78 bits per heavy atom. The van der Waals surface area contributed by atoms with Crippen molar-refractivity contribution in [2.24, 2.45) is 0 Å². The van der Waals surface area contributed by atoms with Crippen molar-refractivity contribution in [2.75, 3.05) is 19.0 Å². The van der Waals surface area contributed by atoms with Crippen LogP contribution in [0.5, 0.6) is 5.75 Å². The van der Waals surface area contributed by atoms with E-state index in [0.29, 0.717) is 29.6 Å². The van der Waals surface area contributed by atoms with Gasteiger partial charge in [-0.05, 0) is 60.7 Å². The Hall–Kier alpha value is -4.11. The summed E-state index contributed by atoms with van der Waals surface area (Å²) in [6.07, 6.45) is 5.74. The number of furan rings is 1. The number of methoxy groups -OCH3 is 1. The van der Waals surface area contributed by atoms with Gasteiger partial charge in [-0.1, -0.05) is 18.2 Å². The number of anilines is 1. The minimum Gasteiger partial charge on any atom is -0.495 e. The van der Waals surface area contributed by atoms with Crippen molar-refractivity contribution in [3.63, 3.8) is 0 Å². The summed E-state index contributed by atoms with van der Waals surface area (Å²) in [7, 11) is 1.58. The number of ether oxygens (including phenoxy) is 1. The number of nitrogens with zero attached hydrogens (tertiary/aromatic N) is 3. The van der Waals surface area contributed by atoms with E-state index in [-0.39, 0.29) is 24.4 Å². The number of thiocarbonyl (C=S) groups is 1. The summed E-state index contributed by atoms with van der Waals surface area (Å²) in [6.45, 7) is 1.03. The van der Waals surface area contributed by atoms with Gasteiger partial charge in [0.2, 0.25) is 5.91 Å². The predicted octanol–water partition coefficient (Wildman–Crippen LogP) is 4.53. The van der Waals surface area contributed by atoms with Crippen LogP contribution in [0.25, 0.3) is 0 Å². The lowest BCUT2D eigenvalue weighted by atomic mass is 10.0. The molecule has 3 aromatic heterocycles. The van der Waals surface area contributed by atoms with E-state index in [4.69, 9.17) is 21.4 Å². The Balaban J connectivity index is 1.39. The molecule has 1 amide bonds. The van der Waals surface area contributed by atoms with E-state index in [2.05, 4.69) is 31.2 Å². The van der Waals surface area contributed by atoms with Gasteiger partial charge < -0.3 is 29.3 Å². The van der Waals surface area contributed by atoms with Crippen LogP contribution in [0.1, 0.15) is 35.7 Å². The number of pyridine rings is 1. The molecule has 184 valence electrons. The molecule has 0 spiro atoms. The van der Waals surface area contributed by atoms with Gasteiger partial charge in [0.1, 0.15) is 11.5 Å². The molecule has 9 heteroatoms. The second-order valence-corrected chi connectivity index (χ2v) is 8.85. The number of benzene rings is 1. The lowest BCUT2D eigenvalue weighted by Gasteiger charge is -2.28. The van der Waals surface area contributed by atoms with Crippen LogP contribution < -0.4 is 15.4 Å². The Kier molecular flexibility index (Phi) is 6.99. The normalized spacial score (nSPS) is 17.1. The Morgan fingerprint density at radius 2 is 2.00 bits per heavy atom. The zero-order valence-electron chi connectivity index (χ0n) is 19.8. The van der Waals surface area contributed by atoms with Gasteiger partial charge in [-0.2, -0.15) is 0 Å². The number of hydrogen-bond donors (Lipinski definition) is 2. The lowest BCUT2D eigenvalue weighted by molar-refractivity contribution is -0.116. The fraction of sp³-hybridized carbons (Fsp3) is 0.222. The van der Waals surface area contributed by atoms with Crippen molar-refractivity contribution in [2.45, 2.75) is 25.0 Å². The molecule has 36 heavy (non-hydrogen) atoms. The van der Waals surface area contributed by atoms with Gasteiger partial charge in [0.15, 0.2) is 5.11 Å². The van der Waals surface area contributed by atoms with Crippen molar-refractivity contribution >= 4 is 28.9 Å². The zero-order chi connectivity index (χ0) is 24.9. The van der Waals surface area contributed by atoms with Gasteiger partial charge in [0.25, 0.3) is 0 Å². The summed E-state index contributed by atoms with van der Waals surface area (Å²) in [5.41, 5.74) is 2.58. The highest BCUT2D eigenvalue weighted by atomic mass is 32.1. The number of para-hydroxylation sites is 2. The van der Waals surface area contributed by atoms with E-state index in [0.717, 1.165) is 17.1 Å². The van der Waals surface area contributed by atoms with Crippen LogP contribution in [0.4, 0.5) is 5.69 Å². The van der Waals surface area contributed by atoms with Crippen molar-refractivity contribution in [3.05, 3.63) is 103 Å². The molecule has 1 aliphatic rings. The van der Waals surface area contributed by atoms with Crippen LogP contribution in [0, 0.1) is 0 Å². The van der Waals surface area contributed by atoms with Gasteiger partial charge in [0, 0.05) is 31.1 Å². The monoisotopic (exact) mass is 501 g/mol. The molecule has 0 radical (unpaired) electrons. The summed E-state index contributed by atoms with van der Waals surface area (Å²) < 4.78 is 13.1. The van der Waals surface area contributed by atoms with Crippen molar-refractivity contribution in [1.82, 2.24) is 19.8 Å². The first kappa shape index (κ1) is 23.6. The molecule has 1 fully saturated rings. The first-order chi connectivity index (χ1) is 17.6. The maximum Gasteiger partial charge on any atom is 0.226 e. The van der Waals surface area contributed by atoms with Crippen LogP contribution in [0.15, 0.2) is 89.8 Å². The van der Waals surface area contributed by atoms with E-state index in [9.17, 15) is 4.79 Å². The molecule has 0 aliphatic carbocycles. The van der Waals surface area contributed by atoms with E-state index in [1.54, 1.807) is 19.6 Å². The Labute approximate surface area is 214 Å². The summed E-state index contributed by atoms with van der Waals surface area (Å²) in [6, 6.07) is 20.8. The maximum absolute atomic E-state index is 12.9. The molecule has 4 heterocycles. The van der Waals surface area contributed by atoms with Crippen LogP contribution in [-0.4, -0.2) is 39.1 Å². The Bertz CT molecular complexity index is 1320. The smallest absolute Gasteiger partial charge is 0.226 e. The average molecular weight is 502 g/mol. The third-order valence-electron chi connectivity index (χ3n) is 6.23. The molecule has 0 unspecified atom stereocenters. The highest BCUT2D eigenvalue weighted by Gasteiger charge is 2.41. The second-order valence-electron chi connectivity index (χ2n) is 8.46. The number of hydrogen-bond acceptors (Lipinski definition) is 5. The molecule has 8 nitrogen and oxygen atoms in total. The van der Waals surface area contributed by atoms with Gasteiger partial charge in [-0.15, -0.1) is 0 Å². The molecule has 1 aromatic carbocycles. The van der Waals surface area contributed by atoms with Gasteiger partial charge in [-0.3, -0.25) is 9.78 Å². The highest BCUT2D eigenvalue weighted by molar-refractivity contribution is 7.80. The largest absolute Gasteiger partial charge is 0.495 e. The van der Waals surface area contributed by atoms with E-state index < -0.39 is 0 Å². The first-order valence-electron chi connectivity index (χ1n) is 11.7. The molecule has 2 N–H and O–H groups in total. The van der Waals surface area contributed by atoms with Crippen LogP contribution >= 0.6 is 12.2 Å². The van der Waals surface area contributed by atoms with Gasteiger partial charge >= 0.3 is 0 Å². The third-order valence-corrected chi connectivity index (χ3v) is 6.58. The minimum absolute atomic E-state index is 0.117. The van der Waals surface area contributed by atoms with Crippen molar-refractivity contribution < 1.29 is 13.9 Å².